The van der Waals surface area contributed by atoms with Crippen molar-refractivity contribution < 1.29 is 9.47 Å². The number of likely N-dealkylation sites (tertiary alicyclic amines) is 1. The third-order valence-electron chi connectivity index (χ3n) is 5.57. The Kier molecular flexibility index (Phi) is 4.88. The summed E-state index contributed by atoms with van der Waals surface area (Å²) in [6.45, 7) is 1.52. The van der Waals surface area contributed by atoms with Gasteiger partial charge < -0.3 is 14.5 Å². The number of fused-ring (bicyclic) bond motifs is 2. The van der Waals surface area contributed by atoms with Crippen molar-refractivity contribution in [2.75, 3.05) is 20.8 Å². The highest BCUT2D eigenvalue weighted by Gasteiger charge is 2.29. The molecule has 0 unspecified atom stereocenters. The van der Waals surface area contributed by atoms with E-state index in [9.17, 15) is 4.79 Å². The SMILES string of the molecule is COc1cc2nc(CN3CCC[C@@H]3c3nc4ccccc4s3)[nH]c(=O)c2cc1OC. The second-order valence-electron chi connectivity index (χ2n) is 7.39. The molecule has 0 saturated carbocycles. The van der Waals surface area contributed by atoms with Gasteiger partial charge in [0.15, 0.2) is 11.5 Å². The largest absolute Gasteiger partial charge is 0.493 e. The number of aromatic amines is 1. The van der Waals surface area contributed by atoms with E-state index in [0.717, 1.165) is 29.9 Å². The molecule has 0 spiro atoms. The Morgan fingerprint density at radius 1 is 1.13 bits per heavy atom. The van der Waals surface area contributed by atoms with Crippen molar-refractivity contribution in [3.8, 4) is 11.5 Å². The van der Waals surface area contributed by atoms with E-state index in [0.29, 0.717) is 34.8 Å². The van der Waals surface area contributed by atoms with E-state index in [1.54, 1.807) is 37.7 Å². The minimum Gasteiger partial charge on any atom is -0.493 e. The number of hydrogen-bond acceptors (Lipinski definition) is 7. The number of thiazole rings is 1. The first-order valence-electron chi connectivity index (χ1n) is 9.90. The Bertz CT molecular complexity index is 1250. The molecule has 0 aliphatic carbocycles. The average Bonchev–Trinajstić information content (AvgIpc) is 3.39. The molecule has 0 radical (unpaired) electrons. The maximum absolute atomic E-state index is 12.7. The van der Waals surface area contributed by atoms with Gasteiger partial charge in [0.1, 0.15) is 10.8 Å². The van der Waals surface area contributed by atoms with E-state index in [1.807, 2.05) is 12.1 Å². The van der Waals surface area contributed by atoms with Gasteiger partial charge in [-0.05, 0) is 37.6 Å². The summed E-state index contributed by atoms with van der Waals surface area (Å²) < 4.78 is 11.9. The molecule has 3 heterocycles. The minimum atomic E-state index is -0.174. The molecule has 4 aromatic rings. The van der Waals surface area contributed by atoms with Crippen molar-refractivity contribution in [3.05, 3.63) is 57.6 Å². The predicted octanol–water partition coefficient (Wildman–Crippen LogP) is 3.89. The molecule has 1 N–H and O–H groups in total. The third-order valence-corrected chi connectivity index (χ3v) is 6.71. The van der Waals surface area contributed by atoms with Crippen molar-refractivity contribution >= 4 is 32.5 Å². The number of benzene rings is 2. The van der Waals surface area contributed by atoms with Crippen LogP contribution in [0.4, 0.5) is 0 Å². The highest BCUT2D eigenvalue weighted by molar-refractivity contribution is 7.18. The molecule has 154 valence electrons. The van der Waals surface area contributed by atoms with Gasteiger partial charge in [-0.15, -0.1) is 11.3 Å². The molecule has 1 fully saturated rings. The lowest BCUT2D eigenvalue weighted by molar-refractivity contribution is 0.242. The molecule has 2 aromatic carbocycles. The summed E-state index contributed by atoms with van der Waals surface area (Å²) in [5.41, 5.74) is 1.47. The number of methoxy groups -OCH3 is 2. The smallest absolute Gasteiger partial charge is 0.258 e. The first kappa shape index (κ1) is 19.0. The Balaban J connectivity index is 1.47. The van der Waals surface area contributed by atoms with E-state index in [2.05, 4.69) is 22.0 Å². The van der Waals surface area contributed by atoms with Crippen LogP contribution in [-0.2, 0) is 6.54 Å². The molecule has 5 rings (SSSR count). The van der Waals surface area contributed by atoms with Crippen LogP contribution < -0.4 is 15.0 Å². The number of ether oxygens (including phenoxy) is 2. The van der Waals surface area contributed by atoms with Crippen molar-refractivity contribution in [3.63, 3.8) is 0 Å². The summed E-state index contributed by atoms with van der Waals surface area (Å²) in [4.78, 5) is 27.5. The molecular weight excluding hydrogens is 400 g/mol. The maximum atomic E-state index is 12.7. The van der Waals surface area contributed by atoms with Crippen molar-refractivity contribution in [2.24, 2.45) is 0 Å². The van der Waals surface area contributed by atoms with Crippen LogP contribution in [0.2, 0.25) is 0 Å². The highest BCUT2D eigenvalue weighted by atomic mass is 32.1. The molecule has 1 saturated heterocycles. The van der Waals surface area contributed by atoms with Crippen molar-refractivity contribution in [1.82, 2.24) is 19.9 Å². The van der Waals surface area contributed by atoms with E-state index < -0.39 is 0 Å². The highest BCUT2D eigenvalue weighted by Crippen LogP contribution is 2.37. The first-order chi connectivity index (χ1) is 14.7. The molecule has 1 aliphatic heterocycles. The van der Waals surface area contributed by atoms with Crippen LogP contribution in [0.25, 0.3) is 21.1 Å². The third kappa shape index (κ3) is 3.32. The molecule has 2 aromatic heterocycles. The quantitative estimate of drug-likeness (QED) is 0.526. The van der Waals surface area contributed by atoms with E-state index >= 15 is 0 Å². The van der Waals surface area contributed by atoms with E-state index in [1.165, 1.54) is 4.70 Å². The van der Waals surface area contributed by atoms with Crippen molar-refractivity contribution in [2.45, 2.75) is 25.4 Å². The van der Waals surface area contributed by atoms with Crippen LogP contribution in [0.15, 0.2) is 41.2 Å². The van der Waals surface area contributed by atoms with Crippen LogP contribution in [-0.4, -0.2) is 40.6 Å². The first-order valence-corrected chi connectivity index (χ1v) is 10.7. The van der Waals surface area contributed by atoms with Gasteiger partial charge in [-0.2, -0.15) is 0 Å². The Labute approximate surface area is 177 Å². The summed E-state index contributed by atoms with van der Waals surface area (Å²) in [5.74, 6) is 1.72. The topological polar surface area (TPSA) is 80.3 Å². The number of aromatic nitrogens is 3. The molecule has 0 bridgehead atoms. The lowest BCUT2D eigenvalue weighted by atomic mass is 10.2. The van der Waals surface area contributed by atoms with E-state index in [-0.39, 0.29) is 11.6 Å². The summed E-state index contributed by atoms with van der Waals surface area (Å²) in [6, 6.07) is 11.9. The fourth-order valence-electron chi connectivity index (χ4n) is 4.11. The summed E-state index contributed by atoms with van der Waals surface area (Å²) >= 11 is 1.75. The Hall–Kier alpha value is -2.97. The average molecular weight is 423 g/mol. The zero-order valence-corrected chi connectivity index (χ0v) is 17.7. The number of nitrogens with one attached hydrogen (secondary N) is 1. The standard InChI is InChI=1S/C22H22N4O3S/c1-28-17-10-13-15(11-18(17)29-2)23-20(25-21(13)27)12-26-9-5-7-16(26)22-24-14-6-3-4-8-19(14)30-22/h3-4,6,8,10-11,16H,5,7,9,12H2,1-2H3,(H,23,25,27)/t16-/m1/s1. The van der Waals surface area contributed by atoms with E-state index in [4.69, 9.17) is 19.4 Å². The second-order valence-corrected chi connectivity index (χ2v) is 8.45. The van der Waals surface area contributed by atoms with Crippen molar-refractivity contribution in [1.29, 1.82) is 0 Å². The summed E-state index contributed by atoms with van der Waals surface area (Å²) in [6.07, 6.45) is 2.16. The second kappa shape index (κ2) is 7.70. The zero-order chi connectivity index (χ0) is 20.7. The van der Waals surface area contributed by atoms with Gasteiger partial charge in [0, 0.05) is 6.07 Å². The van der Waals surface area contributed by atoms with Gasteiger partial charge in [0.05, 0.1) is 47.9 Å². The molecular formula is C22H22N4O3S. The van der Waals surface area contributed by atoms with Gasteiger partial charge in [0.2, 0.25) is 0 Å². The molecule has 1 aliphatic rings. The van der Waals surface area contributed by atoms with Gasteiger partial charge in [0.25, 0.3) is 5.56 Å². The van der Waals surface area contributed by atoms with Gasteiger partial charge >= 0.3 is 0 Å². The normalized spacial score (nSPS) is 17.1. The number of H-pyrrole nitrogens is 1. The molecule has 8 heteroatoms. The molecule has 0 amide bonds. The fraction of sp³-hybridized carbons (Fsp3) is 0.318. The minimum absolute atomic E-state index is 0.174. The summed E-state index contributed by atoms with van der Waals surface area (Å²) in [7, 11) is 3.12. The monoisotopic (exact) mass is 422 g/mol. The number of rotatable bonds is 5. The van der Waals surface area contributed by atoms with Crippen LogP contribution >= 0.6 is 11.3 Å². The lowest BCUT2D eigenvalue weighted by Gasteiger charge is -2.22. The van der Waals surface area contributed by atoms with Crippen LogP contribution in [0, 0.1) is 0 Å². The van der Waals surface area contributed by atoms with Gasteiger partial charge in [-0.1, -0.05) is 12.1 Å². The van der Waals surface area contributed by atoms with Gasteiger partial charge in [-0.25, -0.2) is 9.97 Å². The number of hydrogen-bond donors (Lipinski definition) is 1. The van der Waals surface area contributed by atoms with Crippen LogP contribution in [0.1, 0.15) is 29.7 Å². The maximum Gasteiger partial charge on any atom is 0.258 e. The molecule has 1 atom stereocenters. The summed E-state index contributed by atoms with van der Waals surface area (Å²) in [5, 5.41) is 1.61. The lowest BCUT2D eigenvalue weighted by Crippen LogP contribution is -2.25. The molecule has 30 heavy (non-hydrogen) atoms. The van der Waals surface area contributed by atoms with Crippen LogP contribution in [0.3, 0.4) is 0 Å². The Morgan fingerprint density at radius 2 is 1.93 bits per heavy atom. The molecule has 7 nitrogen and oxygen atoms in total. The number of nitrogens with zero attached hydrogens (tertiary/aromatic N) is 3. The van der Waals surface area contributed by atoms with Gasteiger partial charge in [-0.3, -0.25) is 9.69 Å². The van der Waals surface area contributed by atoms with Crippen LogP contribution in [0.5, 0.6) is 11.5 Å². The fourth-order valence-corrected chi connectivity index (χ4v) is 5.25. The Morgan fingerprint density at radius 3 is 2.73 bits per heavy atom. The zero-order valence-electron chi connectivity index (χ0n) is 16.8. The number of para-hydroxylation sites is 1. The predicted molar refractivity (Wildman–Crippen MR) is 117 cm³/mol.